The lowest BCUT2D eigenvalue weighted by Gasteiger charge is -2.28. The molecule has 1 unspecified atom stereocenters. The predicted molar refractivity (Wildman–Crippen MR) is 43.6 cm³/mol. The number of hydrogen-bond acceptors (Lipinski definition) is 5. The molecule has 0 spiro atoms. The van der Waals surface area contributed by atoms with Crippen molar-refractivity contribution in [3.8, 4) is 0 Å². The van der Waals surface area contributed by atoms with E-state index in [0.717, 1.165) is 20.8 Å². The Morgan fingerprint density at radius 3 is 1.85 bits per heavy atom. The lowest BCUT2D eigenvalue weighted by molar-refractivity contribution is -0.605. The van der Waals surface area contributed by atoms with Gasteiger partial charge in [0.15, 0.2) is 5.60 Å². The van der Waals surface area contributed by atoms with E-state index < -0.39 is 27.5 Å². The summed E-state index contributed by atoms with van der Waals surface area (Å²) in [5.74, 6) is 0. The largest absolute Gasteiger partial charge is 0.377 e. The maximum atomic E-state index is 10.5. The maximum Gasteiger partial charge on any atom is 0.251 e. The van der Waals surface area contributed by atoms with Gasteiger partial charge >= 0.3 is 0 Å². The monoisotopic (exact) mass is 192 g/mol. The zero-order valence-corrected chi connectivity index (χ0v) is 7.68. The van der Waals surface area contributed by atoms with Crippen LogP contribution in [0.3, 0.4) is 0 Å². The molecule has 0 heterocycles. The highest BCUT2D eigenvalue weighted by atomic mass is 16.6. The molecule has 76 valence electrons. The van der Waals surface area contributed by atoms with Crippen molar-refractivity contribution < 1.29 is 15.0 Å². The van der Waals surface area contributed by atoms with Gasteiger partial charge < -0.3 is 5.11 Å². The molecular weight excluding hydrogens is 180 g/mol. The van der Waals surface area contributed by atoms with Crippen molar-refractivity contribution >= 4 is 0 Å². The Hall–Kier alpha value is -1.24. The fourth-order valence-corrected chi connectivity index (χ4v) is 0.642. The minimum absolute atomic E-state index is 0.726. The fourth-order valence-electron chi connectivity index (χ4n) is 0.642. The van der Waals surface area contributed by atoms with Crippen LogP contribution >= 0.6 is 0 Å². The Bertz CT molecular complexity index is 235. The average molecular weight is 192 g/mol. The smallest absolute Gasteiger partial charge is 0.251 e. The summed E-state index contributed by atoms with van der Waals surface area (Å²) in [5, 5.41) is 30.1. The standard InChI is InChI=1S/C6H12N2O5/c1-5(2,8(12)13)6(3,9)4-7(10)11/h9H,4H2,1-3H3. The van der Waals surface area contributed by atoms with Gasteiger partial charge in [-0.15, -0.1) is 0 Å². The van der Waals surface area contributed by atoms with Gasteiger partial charge in [-0.3, -0.25) is 20.2 Å². The number of nitro groups is 2. The Morgan fingerprint density at radius 2 is 1.62 bits per heavy atom. The van der Waals surface area contributed by atoms with Crippen molar-refractivity contribution in [3.63, 3.8) is 0 Å². The molecule has 0 rings (SSSR count). The van der Waals surface area contributed by atoms with Crippen LogP contribution in [0.5, 0.6) is 0 Å². The number of hydrogen-bond donors (Lipinski definition) is 1. The maximum absolute atomic E-state index is 10.5. The second-order valence-electron chi connectivity index (χ2n) is 3.58. The molecule has 1 atom stereocenters. The molecule has 0 saturated carbocycles. The van der Waals surface area contributed by atoms with E-state index in [1.54, 1.807) is 0 Å². The average Bonchev–Trinajstić information content (AvgIpc) is 1.83. The summed E-state index contributed by atoms with van der Waals surface area (Å²) in [6, 6.07) is 0. The molecule has 1 N–H and O–H groups in total. The lowest BCUT2D eigenvalue weighted by atomic mass is 9.85. The molecule has 0 saturated heterocycles. The van der Waals surface area contributed by atoms with Gasteiger partial charge in [0.2, 0.25) is 6.54 Å². The molecule has 7 nitrogen and oxygen atoms in total. The van der Waals surface area contributed by atoms with E-state index in [1.807, 2.05) is 0 Å². The van der Waals surface area contributed by atoms with Crippen LogP contribution in [0.4, 0.5) is 0 Å². The summed E-state index contributed by atoms with van der Waals surface area (Å²) in [4.78, 5) is 19.1. The van der Waals surface area contributed by atoms with Crippen molar-refractivity contribution in [3.05, 3.63) is 20.2 Å². The normalized spacial score (nSPS) is 16.3. The van der Waals surface area contributed by atoms with Gasteiger partial charge in [-0.25, -0.2) is 0 Å². The van der Waals surface area contributed by atoms with Crippen LogP contribution in [-0.2, 0) is 0 Å². The van der Waals surface area contributed by atoms with Crippen LogP contribution in [0.25, 0.3) is 0 Å². The van der Waals surface area contributed by atoms with Gasteiger partial charge in [0.25, 0.3) is 5.54 Å². The lowest BCUT2D eigenvalue weighted by Crippen LogP contribution is -2.56. The summed E-state index contributed by atoms with van der Waals surface area (Å²) in [6.45, 7) is 2.53. The SMILES string of the molecule is CC(O)(C[N+](=O)[O-])C(C)(C)[N+](=O)[O-]. The molecule has 0 aromatic carbocycles. The Balaban J connectivity index is 4.80. The van der Waals surface area contributed by atoms with Crippen molar-refractivity contribution in [1.29, 1.82) is 0 Å². The molecular formula is C6H12N2O5. The summed E-state index contributed by atoms with van der Waals surface area (Å²) < 4.78 is 0. The van der Waals surface area contributed by atoms with E-state index in [2.05, 4.69) is 0 Å². The quantitative estimate of drug-likeness (QED) is 0.501. The Morgan fingerprint density at radius 1 is 1.23 bits per heavy atom. The molecule has 7 heteroatoms. The molecule has 0 radical (unpaired) electrons. The van der Waals surface area contributed by atoms with Crippen molar-refractivity contribution in [2.24, 2.45) is 0 Å². The zero-order chi connectivity index (χ0) is 10.9. The predicted octanol–water partition coefficient (Wildman–Crippen LogP) is 0.0694. The Labute approximate surface area is 74.7 Å². The highest BCUT2D eigenvalue weighted by molar-refractivity contribution is 4.89. The van der Waals surface area contributed by atoms with E-state index >= 15 is 0 Å². The van der Waals surface area contributed by atoms with Gasteiger partial charge in [0.05, 0.1) is 0 Å². The van der Waals surface area contributed by atoms with Crippen molar-refractivity contribution in [2.75, 3.05) is 6.54 Å². The molecule has 0 aliphatic rings. The highest BCUT2D eigenvalue weighted by Gasteiger charge is 2.53. The fraction of sp³-hybridized carbons (Fsp3) is 1.00. The van der Waals surface area contributed by atoms with E-state index in [0.29, 0.717) is 0 Å². The van der Waals surface area contributed by atoms with Gasteiger partial charge in [-0.2, -0.15) is 0 Å². The van der Waals surface area contributed by atoms with Crippen LogP contribution in [0.2, 0.25) is 0 Å². The van der Waals surface area contributed by atoms with E-state index in [1.165, 1.54) is 0 Å². The molecule has 0 aliphatic carbocycles. The summed E-state index contributed by atoms with van der Waals surface area (Å²) in [6.07, 6.45) is 0. The zero-order valence-electron chi connectivity index (χ0n) is 7.68. The second-order valence-corrected chi connectivity index (χ2v) is 3.58. The van der Waals surface area contributed by atoms with E-state index in [-0.39, 0.29) is 0 Å². The van der Waals surface area contributed by atoms with Gasteiger partial charge in [0, 0.05) is 23.7 Å². The number of rotatable bonds is 4. The molecule has 0 fully saturated rings. The molecule has 0 aromatic heterocycles. The van der Waals surface area contributed by atoms with Gasteiger partial charge in [-0.05, 0) is 6.92 Å². The molecule has 0 aromatic rings. The first kappa shape index (κ1) is 11.8. The van der Waals surface area contributed by atoms with Gasteiger partial charge in [-0.1, -0.05) is 0 Å². The van der Waals surface area contributed by atoms with Crippen molar-refractivity contribution in [2.45, 2.75) is 31.9 Å². The van der Waals surface area contributed by atoms with Crippen LogP contribution in [0.1, 0.15) is 20.8 Å². The first-order valence-corrected chi connectivity index (χ1v) is 3.60. The molecule has 0 aliphatic heterocycles. The summed E-state index contributed by atoms with van der Waals surface area (Å²) in [7, 11) is 0. The third-order valence-electron chi connectivity index (χ3n) is 2.21. The third kappa shape index (κ3) is 2.35. The van der Waals surface area contributed by atoms with Crippen LogP contribution in [0.15, 0.2) is 0 Å². The first-order chi connectivity index (χ1) is 5.61. The highest BCUT2D eigenvalue weighted by Crippen LogP contribution is 2.24. The Kier molecular flexibility index (Phi) is 2.94. The third-order valence-corrected chi connectivity index (χ3v) is 2.21. The summed E-state index contributed by atoms with van der Waals surface area (Å²) >= 11 is 0. The van der Waals surface area contributed by atoms with Crippen LogP contribution in [0, 0.1) is 20.2 Å². The molecule has 0 bridgehead atoms. The van der Waals surface area contributed by atoms with Crippen LogP contribution in [-0.4, -0.2) is 32.6 Å². The van der Waals surface area contributed by atoms with Gasteiger partial charge in [0.1, 0.15) is 0 Å². The minimum Gasteiger partial charge on any atom is -0.377 e. The van der Waals surface area contributed by atoms with Crippen molar-refractivity contribution in [1.82, 2.24) is 0 Å². The molecule has 0 amide bonds. The number of aliphatic hydroxyl groups is 1. The summed E-state index contributed by atoms with van der Waals surface area (Å²) in [5.41, 5.74) is -3.69. The van der Waals surface area contributed by atoms with E-state index in [4.69, 9.17) is 0 Å². The first-order valence-electron chi connectivity index (χ1n) is 3.60. The van der Waals surface area contributed by atoms with Crippen LogP contribution < -0.4 is 0 Å². The van der Waals surface area contributed by atoms with E-state index in [9.17, 15) is 25.3 Å². The minimum atomic E-state index is -1.96. The molecule has 13 heavy (non-hydrogen) atoms. The topological polar surface area (TPSA) is 107 Å². The number of nitrogens with zero attached hydrogens (tertiary/aromatic N) is 2. The second kappa shape index (κ2) is 3.25.